The Morgan fingerprint density at radius 3 is 2.04 bits per heavy atom. The number of hydrogen-bond acceptors (Lipinski definition) is 4. The molecule has 0 aliphatic carbocycles. The van der Waals surface area contributed by atoms with Crippen LogP contribution < -0.4 is 4.74 Å². The standard InChI is InChI=1S/C19H24Cl4O4/c20-10-5-3-1-2-4-6-11-26-18(24)8-7-9-19(25)27-17-13-15(22)14(21)12-16(17)23/h12-13H,1-11H2. The molecule has 0 saturated carbocycles. The van der Waals surface area contributed by atoms with Crippen LogP contribution in [0.1, 0.15) is 57.8 Å². The monoisotopic (exact) mass is 456 g/mol. The maximum Gasteiger partial charge on any atom is 0.311 e. The van der Waals surface area contributed by atoms with Gasteiger partial charge in [0.25, 0.3) is 0 Å². The van der Waals surface area contributed by atoms with Gasteiger partial charge in [-0.2, -0.15) is 0 Å². The van der Waals surface area contributed by atoms with Crippen LogP contribution in [0.5, 0.6) is 5.75 Å². The van der Waals surface area contributed by atoms with Crippen molar-refractivity contribution in [2.45, 2.75) is 57.8 Å². The van der Waals surface area contributed by atoms with E-state index < -0.39 is 5.97 Å². The molecule has 27 heavy (non-hydrogen) atoms. The molecule has 8 heteroatoms. The van der Waals surface area contributed by atoms with E-state index in [0.717, 1.165) is 38.5 Å². The molecule has 0 radical (unpaired) electrons. The second-order valence-corrected chi connectivity index (χ2v) is 7.65. The van der Waals surface area contributed by atoms with E-state index in [1.54, 1.807) is 0 Å². The largest absolute Gasteiger partial charge is 0.466 e. The van der Waals surface area contributed by atoms with Crippen molar-refractivity contribution in [2.24, 2.45) is 0 Å². The van der Waals surface area contributed by atoms with Gasteiger partial charge >= 0.3 is 11.9 Å². The first kappa shape index (κ1) is 24.4. The Hall–Kier alpha value is -0.680. The maximum atomic E-state index is 11.8. The van der Waals surface area contributed by atoms with E-state index in [1.165, 1.54) is 12.1 Å². The highest BCUT2D eigenvalue weighted by molar-refractivity contribution is 6.43. The Kier molecular flexibility index (Phi) is 12.9. The average molecular weight is 458 g/mol. The number of hydrogen-bond donors (Lipinski definition) is 0. The van der Waals surface area contributed by atoms with E-state index in [1.807, 2.05) is 0 Å². The van der Waals surface area contributed by atoms with Crippen LogP contribution in [0.3, 0.4) is 0 Å². The molecule has 0 saturated heterocycles. The van der Waals surface area contributed by atoms with Gasteiger partial charge in [-0.15, -0.1) is 11.6 Å². The molecule has 1 aromatic rings. The lowest BCUT2D eigenvalue weighted by Crippen LogP contribution is -2.11. The summed E-state index contributed by atoms with van der Waals surface area (Å²) in [7, 11) is 0. The molecule has 0 fully saturated rings. The minimum absolute atomic E-state index is 0.0756. The fourth-order valence-electron chi connectivity index (χ4n) is 2.30. The number of esters is 2. The molecule has 0 atom stereocenters. The fourth-order valence-corrected chi connectivity index (χ4v) is 3.06. The van der Waals surface area contributed by atoms with Crippen LogP contribution >= 0.6 is 46.4 Å². The summed E-state index contributed by atoms with van der Waals surface area (Å²) >= 11 is 23.3. The van der Waals surface area contributed by atoms with Gasteiger partial charge in [-0.1, -0.05) is 60.5 Å². The molecule has 0 bridgehead atoms. The van der Waals surface area contributed by atoms with Gasteiger partial charge in [-0.05, 0) is 25.3 Å². The molecule has 0 aliphatic rings. The lowest BCUT2D eigenvalue weighted by atomic mass is 10.1. The molecule has 0 heterocycles. The third-order valence-corrected chi connectivity index (χ3v) is 5.04. The molecule has 0 aliphatic heterocycles. The number of benzene rings is 1. The molecule has 1 rings (SSSR count). The zero-order chi connectivity index (χ0) is 20.1. The quantitative estimate of drug-likeness (QED) is 0.107. The van der Waals surface area contributed by atoms with Crippen LogP contribution in [0.15, 0.2) is 12.1 Å². The molecule has 0 unspecified atom stereocenters. The summed E-state index contributed by atoms with van der Waals surface area (Å²) in [6, 6.07) is 2.79. The molecule has 0 spiro atoms. The first-order chi connectivity index (χ1) is 12.9. The Bertz CT molecular complexity index is 608. The zero-order valence-electron chi connectivity index (χ0n) is 15.1. The van der Waals surface area contributed by atoms with Crippen LogP contribution in [-0.4, -0.2) is 24.4 Å². The van der Waals surface area contributed by atoms with Crippen molar-refractivity contribution in [3.63, 3.8) is 0 Å². The minimum atomic E-state index is -0.500. The van der Waals surface area contributed by atoms with Crippen molar-refractivity contribution in [3.8, 4) is 5.75 Å². The number of carbonyl (C=O) groups excluding carboxylic acids is 2. The highest BCUT2D eigenvalue weighted by Crippen LogP contribution is 2.34. The van der Waals surface area contributed by atoms with E-state index in [0.29, 0.717) is 18.9 Å². The van der Waals surface area contributed by atoms with E-state index in [-0.39, 0.29) is 39.6 Å². The lowest BCUT2D eigenvalue weighted by molar-refractivity contribution is -0.144. The van der Waals surface area contributed by atoms with Crippen molar-refractivity contribution >= 4 is 58.3 Å². The SMILES string of the molecule is O=C(CCCC(=O)Oc1cc(Cl)c(Cl)cc1Cl)OCCCCCCCCCl. The van der Waals surface area contributed by atoms with Crippen LogP contribution in [0, 0.1) is 0 Å². The van der Waals surface area contributed by atoms with Gasteiger partial charge in [-0.25, -0.2) is 0 Å². The molecular formula is C19H24Cl4O4. The highest BCUT2D eigenvalue weighted by Gasteiger charge is 2.12. The van der Waals surface area contributed by atoms with Gasteiger partial charge in [0.05, 0.1) is 21.7 Å². The molecule has 0 N–H and O–H groups in total. The summed E-state index contributed by atoms with van der Waals surface area (Å²) in [5.41, 5.74) is 0. The van der Waals surface area contributed by atoms with Crippen LogP contribution in [-0.2, 0) is 14.3 Å². The van der Waals surface area contributed by atoms with E-state index in [2.05, 4.69) is 0 Å². The topological polar surface area (TPSA) is 52.6 Å². The first-order valence-corrected chi connectivity index (χ1v) is 10.7. The second-order valence-electron chi connectivity index (χ2n) is 6.06. The molecule has 0 amide bonds. The third-order valence-electron chi connectivity index (χ3n) is 3.75. The zero-order valence-corrected chi connectivity index (χ0v) is 18.1. The van der Waals surface area contributed by atoms with Crippen LogP contribution in [0.4, 0.5) is 0 Å². The van der Waals surface area contributed by atoms with Crippen molar-refractivity contribution in [3.05, 3.63) is 27.2 Å². The number of alkyl halides is 1. The maximum absolute atomic E-state index is 11.8. The predicted molar refractivity (Wildman–Crippen MR) is 110 cm³/mol. The summed E-state index contributed by atoms with van der Waals surface area (Å²) in [5, 5.41) is 0.714. The highest BCUT2D eigenvalue weighted by atomic mass is 35.5. The summed E-state index contributed by atoms with van der Waals surface area (Å²) < 4.78 is 10.3. The van der Waals surface area contributed by atoms with Gasteiger partial charge in [0.2, 0.25) is 0 Å². The van der Waals surface area contributed by atoms with E-state index >= 15 is 0 Å². The summed E-state index contributed by atoms with van der Waals surface area (Å²) in [6.07, 6.45) is 6.95. The Morgan fingerprint density at radius 1 is 0.741 bits per heavy atom. The Labute approximate surface area is 180 Å². The average Bonchev–Trinajstić information content (AvgIpc) is 2.62. The normalized spacial score (nSPS) is 10.7. The first-order valence-electron chi connectivity index (χ1n) is 9.01. The van der Waals surface area contributed by atoms with Crippen molar-refractivity contribution < 1.29 is 19.1 Å². The number of halogens is 4. The molecule has 0 aromatic heterocycles. The van der Waals surface area contributed by atoms with Crippen molar-refractivity contribution in [1.82, 2.24) is 0 Å². The van der Waals surface area contributed by atoms with Gasteiger partial charge in [-0.3, -0.25) is 9.59 Å². The lowest BCUT2D eigenvalue weighted by Gasteiger charge is -2.08. The van der Waals surface area contributed by atoms with E-state index in [9.17, 15) is 9.59 Å². The summed E-state index contributed by atoms with van der Waals surface area (Å²) in [6.45, 7) is 0.414. The summed E-state index contributed by atoms with van der Waals surface area (Å²) in [4.78, 5) is 23.5. The van der Waals surface area contributed by atoms with Crippen LogP contribution in [0.2, 0.25) is 15.1 Å². The van der Waals surface area contributed by atoms with Crippen LogP contribution in [0.25, 0.3) is 0 Å². The summed E-state index contributed by atoms with van der Waals surface area (Å²) in [5.74, 6) is 0.0493. The second kappa shape index (κ2) is 14.3. The van der Waals surface area contributed by atoms with Gasteiger partial charge in [0, 0.05) is 24.8 Å². The number of rotatable bonds is 13. The van der Waals surface area contributed by atoms with Crippen molar-refractivity contribution in [1.29, 1.82) is 0 Å². The molecule has 1 aromatic carbocycles. The number of unbranched alkanes of at least 4 members (excludes halogenated alkanes) is 5. The third kappa shape index (κ3) is 11.0. The van der Waals surface area contributed by atoms with E-state index in [4.69, 9.17) is 55.9 Å². The predicted octanol–water partition coefficient (Wildman–Crippen LogP) is 6.85. The number of carbonyl (C=O) groups is 2. The smallest absolute Gasteiger partial charge is 0.311 e. The molecule has 4 nitrogen and oxygen atoms in total. The minimum Gasteiger partial charge on any atom is -0.466 e. The van der Waals surface area contributed by atoms with Crippen molar-refractivity contribution in [2.75, 3.05) is 12.5 Å². The molecule has 152 valence electrons. The van der Waals surface area contributed by atoms with Gasteiger partial charge < -0.3 is 9.47 Å². The van der Waals surface area contributed by atoms with Gasteiger partial charge in [0.1, 0.15) is 0 Å². The fraction of sp³-hybridized carbons (Fsp3) is 0.579. The van der Waals surface area contributed by atoms with Gasteiger partial charge in [0.15, 0.2) is 5.75 Å². The Morgan fingerprint density at radius 2 is 1.33 bits per heavy atom. The molecular weight excluding hydrogens is 434 g/mol. The number of ether oxygens (including phenoxy) is 2. The Balaban J connectivity index is 2.12.